The van der Waals surface area contributed by atoms with E-state index in [-0.39, 0.29) is 5.41 Å². The van der Waals surface area contributed by atoms with E-state index < -0.39 is 29.8 Å². The zero-order valence-corrected chi connectivity index (χ0v) is 24.8. The molecule has 0 fully saturated rings. The van der Waals surface area contributed by atoms with Gasteiger partial charge in [-0.1, -0.05) is 26.0 Å². The molecule has 0 aromatic heterocycles. The lowest BCUT2D eigenvalue weighted by molar-refractivity contribution is 0.421. The second-order valence-corrected chi connectivity index (χ2v) is 15.0. The van der Waals surface area contributed by atoms with E-state index in [2.05, 4.69) is 62.3 Å². The zero-order valence-electron chi connectivity index (χ0n) is 18.6. The first-order valence-corrected chi connectivity index (χ1v) is 13.9. The second-order valence-electron chi connectivity index (χ2n) is 7.92. The molecule has 0 amide bonds. The Morgan fingerprint density at radius 3 is 1.85 bits per heavy atom. The van der Waals surface area contributed by atoms with Crippen LogP contribution in [0.25, 0.3) is 5.57 Å². The van der Waals surface area contributed by atoms with Crippen molar-refractivity contribution in [3.63, 3.8) is 0 Å². The van der Waals surface area contributed by atoms with Crippen molar-refractivity contribution in [3.05, 3.63) is 38.6 Å². The smallest absolute Gasteiger partial charge is 0.284 e. The molecule has 1 rings (SSSR count). The standard InChI is InChI=1S/C19H38O3Si4/c1-10-19(8,9)18(24-21-26-22-25-20-23)16(7)17-14(5)12(3)11(2)13(4)15(17)6/h10,24-26H2,1-9,23H3. The number of allylic oxidation sites excluding steroid dienone is 2. The number of hydrogen-bond donors (Lipinski definition) is 0. The first-order valence-electron chi connectivity index (χ1n) is 9.52. The van der Waals surface area contributed by atoms with Crippen LogP contribution in [0.2, 0.25) is 0 Å². The van der Waals surface area contributed by atoms with Gasteiger partial charge in [0, 0.05) is 0 Å². The Labute approximate surface area is 170 Å². The molecule has 0 spiro atoms. The summed E-state index contributed by atoms with van der Waals surface area (Å²) in [4.78, 5) is 0. The summed E-state index contributed by atoms with van der Waals surface area (Å²) < 4.78 is 17.0. The zero-order chi connectivity index (χ0) is 20.1. The Hall–Kier alpha value is -0.292. The highest BCUT2D eigenvalue weighted by molar-refractivity contribution is 6.50. The molecule has 1 aromatic carbocycles. The van der Waals surface area contributed by atoms with Crippen LogP contribution in [-0.4, -0.2) is 40.3 Å². The lowest BCUT2D eigenvalue weighted by Gasteiger charge is -2.31. The molecule has 3 nitrogen and oxygen atoms in total. The molecule has 0 saturated carbocycles. The molecule has 0 aliphatic heterocycles. The molecule has 0 atom stereocenters. The number of benzene rings is 1. The first-order chi connectivity index (χ1) is 12.1. The molecule has 0 bridgehead atoms. The summed E-state index contributed by atoms with van der Waals surface area (Å²) in [7, 11) is -1.63. The third kappa shape index (κ3) is 5.37. The van der Waals surface area contributed by atoms with Gasteiger partial charge >= 0.3 is 0 Å². The van der Waals surface area contributed by atoms with E-state index in [1.165, 1.54) is 39.0 Å². The second kappa shape index (κ2) is 10.3. The predicted octanol–water partition coefficient (Wildman–Crippen LogP) is 1.81. The summed E-state index contributed by atoms with van der Waals surface area (Å²) in [5.74, 6) is 0. The van der Waals surface area contributed by atoms with Crippen LogP contribution in [0.4, 0.5) is 0 Å². The minimum atomic E-state index is -0.875. The van der Waals surface area contributed by atoms with E-state index in [0.29, 0.717) is 0 Å². The number of hydrogen-bond acceptors (Lipinski definition) is 3. The van der Waals surface area contributed by atoms with Gasteiger partial charge in [0.2, 0.25) is 0 Å². The van der Waals surface area contributed by atoms with Crippen LogP contribution in [0.3, 0.4) is 0 Å². The maximum atomic E-state index is 6.16. The molecule has 0 N–H and O–H groups in total. The molecule has 148 valence electrons. The Kier molecular flexibility index (Phi) is 9.41. The average Bonchev–Trinajstić information content (AvgIpc) is 2.61. The summed E-state index contributed by atoms with van der Waals surface area (Å²) in [5, 5.41) is 1.54. The van der Waals surface area contributed by atoms with Crippen LogP contribution >= 0.6 is 0 Å². The molecular weight excluding hydrogens is 389 g/mol. The minimum absolute atomic E-state index is 0.169. The van der Waals surface area contributed by atoms with Crippen LogP contribution < -0.4 is 0 Å². The fourth-order valence-corrected chi connectivity index (χ4v) is 9.71. The normalized spacial score (nSPS) is 14.7. The molecule has 0 saturated heterocycles. The SMILES string of the molecule is CCC(C)(C)C([SiH2]O[SiH2]O[SiH2]O[SiH3])=C(C)c1c(C)c(C)c(C)c(C)c1C. The van der Waals surface area contributed by atoms with E-state index in [1.54, 1.807) is 5.20 Å². The Bertz CT molecular complexity index is 640. The predicted molar refractivity (Wildman–Crippen MR) is 126 cm³/mol. The quantitative estimate of drug-likeness (QED) is 0.445. The van der Waals surface area contributed by atoms with E-state index in [0.717, 1.165) is 16.9 Å². The fraction of sp³-hybridized carbons (Fsp3) is 0.579. The van der Waals surface area contributed by atoms with Gasteiger partial charge in [-0.15, -0.1) is 0 Å². The van der Waals surface area contributed by atoms with Crippen molar-refractivity contribution >= 4 is 45.8 Å². The third-order valence-corrected chi connectivity index (χ3v) is 11.7. The van der Waals surface area contributed by atoms with Crippen molar-refractivity contribution in [2.75, 3.05) is 0 Å². The van der Waals surface area contributed by atoms with Crippen LogP contribution in [0.15, 0.2) is 5.20 Å². The monoisotopic (exact) mass is 426 g/mol. The van der Waals surface area contributed by atoms with Crippen LogP contribution in [0.5, 0.6) is 0 Å². The van der Waals surface area contributed by atoms with E-state index in [4.69, 9.17) is 12.3 Å². The highest BCUT2D eigenvalue weighted by Crippen LogP contribution is 2.38. The summed E-state index contributed by atoms with van der Waals surface area (Å²) in [6.45, 7) is 20.6. The highest BCUT2D eigenvalue weighted by atomic mass is 28.4. The lowest BCUT2D eigenvalue weighted by Crippen LogP contribution is -2.24. The third-order valence-electron chi connectivity index (χ3n) is 6.14. The van der Waals surface area contributed by atoms with Gasteiger partial charge in [-0.2, -0.15) is 0 Å². The molecule has 0 heterocycles. The van der Waals surface area contributed by atoms with Crippen molar-refractivity contribution in [2.24, 2.45) is 5.41 Å². The van der Waals surface area contributed by atoms with Gasteiger partial charge in [-0.3, -0.25) is 0 Å². The fourth-order valence-electron chi connectivity index (χ4n) is 3.56. The lowest BCUT2D eigenvalue weighted by atomic mass is 9.82. The van der Waals surface area contributed by atoms with Crippen molar-refractivity contribution < 1.29 is 12.3 Å². The topological polar surface area (TPSA) is 27.7 Å². The molecule has 0 aliphatic carbocycles. The first kappa shape index (κ1) is 23.7. The molecule has 7 heteroatoms. The van der Waals surface area contributed by atoms with Gasteiger partial charge in [-0.05, 0) is 92.3 Å². The molecule has 0 radical (unpaired) electrons. The van der Waals surface area contributed by atoms with Gasteiger partial charge in [0.15, 0.2) is 9.76 Å². The highest BCUT2D eigenvalue weighted by Gasteiger charge is 2.26. The summed E-state index contributed by atoms with van der Waals surface area (Å²) in [6, 6.07) is 0. The van der Waals surface area contributed by atoms with Crippen LogP contribution in [-0.2, 0) is 12.3 Å². The van der Waals surface area contributed by atoms with Gasteiger partial charge < -0.3 is 12.3 Å². The van der Waals surface area contributed by atoms with Crippen LogP contribution in [0, 0.1) is 40.0 Å². The van der Waals surface area contributed by atoms with Crippen molar-refractivity contribution in [1.82, 2.24) is 0 Å². The van der Waals surface area contributed by atoms with Gasteiger partial charge in [0.1, 0.15) is 10.5 Å². The summed E-state index contributed by atoms with van der Waals surface area (Å²) >= 11 is 0. The molecule has 1 aromatic rings. The molecule has 0 aliphatic rings. The Morgan fingerprint density at radius 2 is 1.38 bits per heavy atom. The average molecular weight is 427 g/mol. The van der Waals surface area contributed by atoms with Crippen molar-refractivity contribution in [2.45, 2.75) is 68.7 Å². The summed E-state index contributed by atoms with van der Waals surface area (Å²) in [6.07, 6.45) is 1.12. The van der Waals surface area contributed by atoms with E-state index in [9.17, 15) is 0 Å². The van der Waals surface area contributed by atoms with Gasteiger partial charge in [0.05, 0.1) is 0 Å². The van der Waals surface area contributed by atoms with Crippen molar-refractivity contribution in [3.8, 4) is 0 Å². The van der Waals surface area contributed by atoms with Crippen molar-refractivity contribution in [1.29, 1.82) is 0 Å². The maximum Gasteiger partial charge on any atom is 0.284 e. The Morgan fingerprint density at radius 1 is 0.885 bits per heavy atom. The van der Waals surface area contributed by atoms with Gasteiger partial charge in [-0.25, -0.2) is 0 Å². The molecular formula is C19H38O3Si4. The minimum Gasteiger partial charge on any atom is -0.449 e. The maximum absolute atomic E-state index is 6.16. The summed E-state index contributed by atoms with van der Waals surface area (Å²) in [5.41, 5.74) is 10.2. The molecule has 0 unspecified atom stereocenters. The van der Waals surface area contributed by atoms with E-state index in [1.807, 2.05) is 0 Å². The Balaban J connectivity index is 3.40. The van der Waals surface area contributed by atoms with Crippen LogP contribution in [0.1, 0.15) is 67.5 Å². The van der Waals surface area contributed by atoms with E-state index >= 15 is 0 Å². The number of rotatable bonds is 9. The van der Waals surface area contributed by atoms with Gasteiger partial charge in [0.25, 0.3) is 20.0 Å². The largest absolute Gasteiger partial charge is 0.449 e. The molecule has 26 heavy (non-hydrogen) atoms.